The van der Waals surface area contributed by atoms with E-state index in [-0.39, 0.29) is 6.42 Å². The van der Waals surface area contributed by atoms with Crippen molar-refractivity contribution in [2.24, 2.45) is 11.5 Å². The molecule has 12 heteroatoms. The van der Waals surface area contributed by atoms with Gasteiger partial charge < -0.3 is 37.6 Å². The minimum absolute atomic E-state index is 0.181. The van der Waals surface area contributed by atoms with Crippen molar-refractivity contribution in [3.8, 4) is 0 Å². The lowest BCUT2D eigenvalue weighted by Crippen LogP contribution is -2.52. The summed E-state index contributed by atoms with van der Waals surface area (Å²) in [7, 11) is 0. The Bertz CT molecular complexity index is 526. The molecule has 9 N–H and O–H groups in total. The zero-order valence-corrected chi connectivity index (χ0v) is 14.2. The summed E-state index contributed by atoms with van der Waals surface area (Å²) >= 11 is 0. The van der Waals surface area contributed by atoms with E-state index < -0.39 is 61.3 Å². The van der Waals surface area contributed by atoms with E-state index in [1.807, 2.05) is 0 Å². The molecule has 3 amide bonds. The highest BCUT2D eigenvalue weighted by Gasteiger charge is 2.24. The van der Waals surface area contributed by atoms with E-state index in [1.54, 1.807) is 0 Å². The number of rotatable bonds is 13. The molecule has 2 unspecified atom stereocenters. The van der Waals surface area contributed by atoms with Gasteiger partial charge in [-0.2, -0.15) is 0 Å². The molecule has 0 aromatic carbocycles. The number of carboxylic acid groups (broad SMARTS) is 2. The number of carboxylic acids is 2. The van der Waals surface area contributed by atoms with Crippen LogP contribution in [0.4, 0.5) is 0 Å². The lowest BCUT2D eigenvalue weighted by atomic mass is 10.1. The molecule has 0 aromatic rings. The number of amides is 3. The molecule has 0 heterocycles. The number of carbonyl (C=O) groups is 5. The van der Waals surface area contributed by atoms with Gasteiger partial charge in [0.1, 0.15) is 12.1 Å². The normalized spacial score (nSPS) is 12.5. The van der Waals surface area contributed by atoms with Gasteiger partial charge in [0.25, 0.3) is 0 Å². The van der Waals surface area contributed by atoms with Crippen LogP contribution >= 0.6 is 0 Å². The Morgan fingerprint density at radius 1 is 0.885 bits per heavy atom. The van der Waals surface area contributed by atoms with Crippen LogP contribution in [0.15, 0.2) is 0 Å². The van der Waals surface area contributed by atoms with Gasteiger partial charge in [0.2, 0.25) is 17.7 Å². The number of carbonyl (C=O) groups excluding carboxylic acids is 3. The summed E-state index contributed by atoms with van der Waals surface area (Å²) in [6.07, 6.45) is 0.594. The molecule has 12 nitrogen and oxygen atoms in total. The van der Waals surface area contributed by atoms with E-state index in [0.717, 1.165) is 0 Å². The monoisotopic (exact) mass is 375 g/mol. The molecule has 148 valence electrons. The van der Waals surface area contributed by atoms with Crippen molar-refractivity contribution in [2.45, 2.75) is 37.8 Å². The minimum Gasteiger partial charge on any atom is -0.481 e. The lowest BCUT2D eigenvalue weighted by molar-refractivity contribution is -0.142. The highest BCUT2D eigenvalue weighted by molar-refractivity contribution is 5.93. The third-order valence-corrected chi connectivity index (χ3v) is 3.22. The first kappa shape index (κ1) is 23.3. The maximum Gasteiger partial charge on any atom is 0.326 e. The van der Waals surface area contributed by atoms with Crippen LogP contribution in [0.2, 0.25) is 0 Å². The Morgan fingerprint density at radius 3 is 2.00 bits per heavy atom. The molecule has 0 fully saturated rings. The topological polar surface area (TPSA) is 214 Å². The van der Waals surface area contributed by atoms with Crippen LogP contribution in [0.3, 0.4) is 0 Å². The van der Waals surface area contributed by atoms with Crippen LogP contribution in [-0.4, -0.2) is 71.6 Å². The zero-order chi connectivity index (χ0) is 20.1. The Balaban J connectivity index is 4.58. The number of hydrogen-bond acceptors (Lipinski definition) is 7. The Morgan fingerprint density at radius 2 is 1.50 bits per heavy atom. The van der Waals surface area contributed by atoms with Gasteiger partial charge in [-0.3, -0.25) is 19.2 Å². The molecule has 0 aromatic heterocycles. The van der Waals surface area contributed by atoms with Crippen LogP contribution in [0, 0.1) is 0 Å². The molecule has 0 rings (SSSR count). The first-order valence-electron chi connectivity index (χ1n) is 7.92. The van der Waals surface area contributed by atoms with Gasteiger partial charge >= 0.3 is 11.9 Å². The predicted molar refractivity (Wildman–Crippen MR) is 88.7 cm³/mol. The summed E-state index contributed by atoms with van der Waals surface area (Å²) < 4.78 is 0. The van der Waals surface area contributed by atoms with Crippen LogP contribution < -0.4 is 27.4 Å². The van der Waals surface area contributed by atoms with Crippen molar-refractivity contribution >= 4 is 29.7 Å². The number of aliphatic carboxylic acids is 2. The Hall–Kier alpha value is -2.73. The van der Waals surface area contributed by atoms with Crippen molar-refractivity contribution in [1.82, 2.24) is 16.0 Å². The van der Waals surface area contributed by atoms with Gasteiger partial charge in [-0.1, -0.05) is 0 Å². The molecule has 26 heavy (non-hydrogen) atoms. The third kappa shape index (κ3) is 10.2. The number of nitrogens with one attached hydrogen (secondary N) is 3. The smallest absolute Gasteiger partial charge is 0.326 e. The maximum absolute atomic E-state index is 11.9. The van der Waals surface area contributed by atoms with Gasteiger partial charge in [-0.15, -0.1) is 0 Å². The highest BCUT2D eigenvalue weighted by Crippen LogP contribution is 2.00. The van der Waals surface area contributed by atoms with E-state index in [0.29, 0.717) is 19.4 Å². The van der Waals surface area contributed by atoms with Crippen molar-refractivity contribution in [3.05, 3.63) is 0 Å². The van der Waals surface area contributed by atoms with Crippen LogP contribution in [0.25, 0.3) is 0 Å². The number of hydrogen-bond donors (Lipinski definition) is 7. The van der Waals surface area contributed by atoms with E-state index in [9.17, 15) is 24.0 Å². The highest BCUT2D eigenvalue weighted by atomic mass is 16.4. The fourth-order valence-electron chi connectivity index (χ4n) is 1.92. The minimum atomic E-state index is -1.41. The predicted octanol–water partition coefficient (Wildman–Crippen LogP) is -3.28. The second-order valence-electron chi connectivity index (χ2n) is 5.38. The first-order valence-corrected chi connectivity index (χ1v) is 7.92. The van der Waals surface area contributed by atoms with Gasteiger partial charge in [0.05, 0.1) is 19.5 Å². The maximum atomic E-state index is 11.9. The van der Waals surface area contributed by atoms with Crippen LogP contribution in [0.1, 0.15) is 25.7 Å². The number of nitrogens with two attached hydrogens (primary N) is 2. The van der Waals surface area contributed by atoms with E-state index in [1.165, 1.54) is 0 Å². The number of unbranched alkanes of at least 4 members (excludes halogenated alkanes) is 1. The fourth-order valence-corrected chi connectivity index (χ4v) is 1.92. The van der Waals surface area contributed by atoms with E-state index in [2.05, 4.69) is 16.0 Å². The zero-order valence-electron chi connectivity index (χ0n) is 14.2. The van der Waals surface area contributed by atoms with Crippen LogP contribution in [-0.2, 0) is 24.0 Å². The average Bonchev–Trinajstić information content (AvgIpc) is 2.57. The summed E-state index contributed by atoms with van der Waals surface area (Å²) in [5.41, 5.74) is 10.4. The summed E-state index contributed by atoms with van der Waals surface area (Å²) in [4.78, 5) is 56.8. The summed E-state index contributed by atoms with van der Waals surface area (Å²) in [5.74, 6) is -4.96. The largest absolute Gasteiger partial charge is 0.481 e. The SMILES string of the molecule is NCCCCC(NC(=O)CNC(=O)C(CC(=O)O)NC(=O)CN)C(=O)O. The summed E-state index contributed by atoms with van der Waals surface area (Å²) in [5, 5.41) is 24.3. The Labute approximate surface area is 149 Å². The second kappa shape index (κ2) is 12.6. The molecule has 0 aliphatic heterocycles. The summed E-state index contributed by atoms with van der Waals surface area (Å²) in [6.45, 7) is -0.614. The van der Waals surface area contributed by atoms with Gasteiger partial charge in [0.15, 0.2) is 0 Å². The first-order chi connectivity index (χ1) is 12.2. The van der Waals surface area contributed by atoms with Gasteiger partial charge in [0, 0.05) is 0 Å². The fraction of sp³-hybridized carbons (Fsp3) is 0.643. The van der Waals surface area contributed by atoms with Gasteiger partial charge in [-0.25, -0.2) is 4.79 Å². The molecule has 0 saturated heterocycles. The molecule has 0 radical (unpaired) electrons. The second-order valence-corrected chi connectivity index (χ2v) is 5.38. The van der Waals surface area contributed by atoms with E-state index in [4.69, 9.17) is 21.7 Å². The molecule has 0 bridgehead atoms. The quantitative estimate of drug-likeness (QED) is 0.160. The van der Waals surface area contributed by atoms with Crippen molar-refractivity contribution < 1.29 is 34.2 Å². The molecule has 0 spiro atoms. The molecular weight excluding hydrogens is 350 g/mol. The Kier molecular flexibility index (Phi) is 11.3. The average molecular weight is 375 g/mol. The van der Waals surface area contributed by atoms with E-state index >= 15 is 0 Å². The molecule has 0 saturated carbocycles. The molecule has 2 atom stereocenters. The molecular formula is C14H25N5O7. The van der Waals surface area contributed by atoms with Crippen LogP contribution in [0.5, 0.6) is 0 Å². The van der Waals surface area contributed by atoms with Crippen molar-refractivity contribution in [1.29, 1.82) is 0 Å². The molecule has 0 aliphatic rings. The van der Waals surface area contributed by atoms with Crippen molar-refractivity contribution in [3.63, 3.8) is 0 Å². The third-order valence-electron chi connectivity index (χ3n) is 3.22. The van der Waals surface area contributed by atoms with Crippen molar-refractivity contribution in [2.75, 3.05) is 19.6 Å². The molecule has 0 aliphatic carbocycles. The summed E-state index contributed by atoms with van der Waals surface area (Å²) in [6, 6.07) is -2.53. The standard InChI is InChI=1S/C14H25N5O7/c15-4-2-1-3-8(14(25)26)18-11(21)7-17-13(24)9(5-12(22)23)19-10(20)6-16/h8-9H,1-7,15-16H2,(H,17,24)(H,18,21)(H,19,20)(H,22,23)(H,25,26). The van der Waals surface area contributed by atoms with Gasteiger partial charge in [-0.05, 0) is 25.8 Å². The lowest BCUT2D eigenvalue weighted by Gasteiger charge is -2.17.